The Balaban J connectivity index is 1.59. The van der Waals surface area contributed by atoms with E-state index < -0.39 is 6.04 Å². The van der Waals surface area contributed by atoms with Crippen LogP contribution in [0, 0.1) is 0 Å². The highest BCUT2D eigenvalue weighted by Gasteiger charge is 2.32. The summed E-state index contributed by atoms with van der Waals surface area (Å²) >= 11 is 26.5. The molecule has 0 radical (unpaired) electrons. The van der Waals surface area contributed by atoms with Gasteiger partial charge in [0.05, 0.1) is 5.75 Å². The second kappa shape index (κ2) is 14.7. The van der Waals surface area contributed by atoms with Crippen LogP contribution in [0.25, 0.3) is 0 Å². The third kappa shape index (κ3) is 8.80. The van der Waals surface area contributed by atoms with Gasteiger partial charge in [0.1, 0.15) is 6.04 Å². The maximum atomic E-state index is 13.8. The van der Waals surface area contributed by atoms with Crippen LogP contribution < -0.4 is 5.32 Å². The van der Waals surface area contributed by atoms with Gasteiger partial charge in [-0.3, -0.25) is 9.59 Å². The van der Waals surface area contributed by atoms with E-state index in [0.717, 1.165) is 42.4 Å². The van der Waals surface area contributed by atoms with Crippen LogP contribution in [0.4, 0.5) is 0 Å². The van der Waals surface area contributed by atoms with E-state index in [2.05, 4.69) is 5.32 Å². The van der Waals surface area contributed by atoms with Crippen LogP contribution in [0.1, 0.15) is 42.4 Å². The van der Waals surface area contributed by atoms with E-state index in [1.54, 1.807) is 35.2 Å². The average molecular weight is 624 g/mol. The van der Waals surface area contributed by atoms with Gasteiger partial charge >= 0.3 is 0 Å². The Morgan fingerprint density at radius 1 is 0.872 bits per heavy atom. The number of nitrogens with one attached hydrogen (secondary N) is 1. The van der Waals surface area contributed by atoms with Crippen LogP contribution >= 0.6 is 58.2 Å². The number of rotatable bonds is 11. The van der Waals surface area contributed by atoms with E-state index in [1.165, 1.54) is 11.8 Å². The van der Waals surface area contributed by atoms with Crippen molar-refractivity contribution in [3.63, 3.8) is 0 Å². The number of hydrogen-bond donors (Lipinski definition) is 1. The summed E-state index contributed by atoms with van der Waals surface area (Å²) in [5.74, 6) is 0.412. The van der Waals surface area contributed by atoms with Gasteiger partial charge in [0.2, 0.25) is 11.8 Å². The molecular weight excluding hydrogens is 594 g/mol. The third-order valence-corrected chi connectivity index (χ3v) is 8.97. The summed E-state index contributed by atoms with van der Waals surface area (Å²) in [6.07, 6.45) is 4.50. The minimum absolute atomic E-state index is 0.133. The number of carbonyl (C=O) groups is 2. The lowest BCUT2D eigenvalue weighted by molar-refractivity contribution is -0.139. The van der Waals surface area contributed by atoms with Crippen molar-refractivity contribution in [3.8, 4) is 0 Å². The second-order valence-corrected chi connectivity index (χ2v) is 12.4. The van der Waals surface area contributed by atoms with E-state index in [-0.39, 0.29) is 30.2 Å². The maximum absolute atomic E-state index is 13.8. The molecule has 4 rings (SSSR count). The van der Waals surface area contributed by atoms with Crippen molar-refractivity contribution in [2.24, 2.45) is 0 Å². The maximum Gasteiger partial charge on any atom is 0.243 e. The molecule has 0 saturated heterocycles. The van der Waals surface area contributed by atoms with Crippen LogP contribution in [0.2, 0.25) is 20.1 Å². The second-order valence-electron chi connectivity index (χ2n) is 9.68. The largest absolute Gasteiger partial charge is 0.352 e. The summed E-state index contributed by atoms with van der Waals surface area (Å²) in [6.45, 7) is 0.187. The average Bonchev–Trinajstić information content (AvgIpc) is 3.42. The molecule has 0 heterocycles. The summed E-state index contributed by atoms with van der Waals surface area (Å²) in [7, 11) is 0. The number of amides is 2. The number of thioether (sulfide) groups is 1. The molecule has 1 fully saturated rings. The van der Waals surface area contributed by atoms with Gasteiger partial charge < -0.3 is 10.2 Å². The molecule has 3 aromatic carbocycles. The van der Waals surface area contributed by atoms with Crippen LogP contribution in [0.15, 0.2) is 66.7 Å². The molecule has 39 heavy (non-hydrogen) atoms. The smallest absolute Gasteiger partial charge is 0.243 e. The summed E-state index contributed by atoms with van der Waals surface area (Å²) in [6, 6.07) is 19.7. The van der Waals surface area contributed by atoms with Crippen molar-refractivity contribution in [1.82, 2.24) is 10.2 Å². The van der Waals surface area contributed by atoms with E-state index >= 15 is 0 Å². The first kappa shape index (κ1) is 30.1. The molecule has 1 atom stereocenters. The van der Waals surface area contributed by atoms with Crippen molar-refractivity contribution in [2.75, 3.05) is 5.75 Å². The van der Waals surface area contributed by atoms with E-state index in [4.69, 9.17) is 46.4 Å². The van der Waals surface area contributed by atoms with E-state index in [9.17, 15) is 9.59 Å². The monoisotopic (exact) mass is 622 g/mol. The van der Waals surface area contributed by atoms with Crippen molar-refractivity contribution in [2.45, 2.75) is 56.5 Å². The topological polar surface area (TPSA) is 49.4 Å². The fourth-order valence-corrected chi connectivity index (χ4v) is 6.66. The minimum atomic E-state index is -0.702. The Kier molecular flexibility index (Phi) is 11.3. The van der Waals surface area contributed by atoms with E-state index in [0.29, 0.717) is 32.3 Å². The zero-order chi connectivity index (χ0) is 27.8. The molecule has 4 nitrogen and oxygen atoms in total. The van der Waals surface area contributed by atoms with Crippen molar-refractivity contribution in [1.29, 1.82) is 0 Å². The summed E-state index contributed by atoms with van der Waals surface area (Å²) in [5.41, 5.74) is 2.60. The Hall–Kier alpha value is -1.89. The van der Waals surface area contributed by atoms with Gasteiger partial charge in [0.25, 0.3) is 0 Å². The van der Waals surface area contributed by atoms with Gasteiger partial charge in [-0.15, -0.1) is 11.8 Å². The van der Waals surface area contributed by atoms with Crippen LogP contribution in [0.5, 0.6) is 0 Å². The highest BCUT2D eigenvalue weighted by Crippen LogP contribution is 2.27. The zero-order valence-corrected chi connectivity index (χ0v) is 25.2. The fourth-order valence-electron chi connectivity index (χ4n) is 4.72. The van der Waals surface area contributed by atoms with Gasteiger partial charge in [-0.1, -0.05) is 102 Å². The Labute approximate surface area is 254 Å². The zero-order valence-electron chi connectivity index (χ0n) is 21.3. The van der Waals surface area contributed by atoms with Crippen LogP contribution in [-0.4, -0.2) is 34.6 Å². The van der Waals surface area contributed by atoms with Gasteiger partial charge in [-0.2, -0.15) is 0 Å². The van der Waals surface area contributed by atoms with Gasteiger partial charge in [0, 0.05) is 44.9 Å². The molecule has 9 heteroatoms. The van der Waals surface area contributed by atoms with Crippen LogP contribution in [0.3, 0.4) is 0 Å². The minimum Gasteiger partial charge on any atom is -0.352 e. The number of benzene rings is 3. The summed E-state index contributed by atoms with van der Waals surface area (Å²) < 4.78 is 0. The molecule has 0 unspecified atom stereocenters. The lowest BCUT2D eigenvalue weighted by Gasteiger charge is -2.32. The lowest BCUT2D eigenvalue weighted by Crippen LogP contribution is -2.52. The molecule has 1 N–H and O–H groups in total. The standard InChI is InChI=1S/C30H30Cl4N2O2S/c31-23-12-10-21(26(33)15-23)17-36(29(37)19-39-18-22-11-13-24(32)16-27(22)34)28(14-20-6-2-1-3-7-20)30(38)35-25-8-4-5-9-25/h1-3,6-7,10-13,15-16,25,28H,4-5,8-9,14,17-19H2,(H,35,38)/t28-/m0/s1. The molecule has 2 amide bonds. The Morgan fingerprint density at radius 3 is 2.10 bits per heavy atom. The third-order valence-electron chi connectivity index (χ3n) is 6.83. The van der Waals surface area contributed by atoms with Crippen molar-refractivity contribution >= 4 is 70.0 Å². The molecule has 0 aliphatic heterocycles. The van der Waals surface area contributed by atoms with E-state index in [1.807, 2.05) is 36.4 Å². The molecule has 0 aromatic heterocycles. The molecule has 1 saturated carbocycles. The molecule has 1 aliphatic rings. The highest BCUT2D eigenvalue weighted by molar-refractivity contribution is 7.99. The van der Waals surface area contributed by atoms with Gasteiger partial charge in [0.15, 0.2) is 0 Å². The molecule has 0 spiro atoms. The first-order valence-electron chi connectivity index (χ1n) is 12.9. The van der Waals surface area contributed by atoms with Crippen LogP contribution in [-0.2, 0) is 28.3 Å². The molecule has 0 bridgehead atoms. The highest BCUT2D eigenvalue weighted by atomic mass is 35.5. The SMILES string of the molecule is O=C(NC1CCCC1)[C@H](Cc1ccccc1)N(Cc1ccc(Cl)cc1Cl)C(=O)CSCc1ccc(Cl)cc1Cl. The van der Waals surface area contributed by atoms with Crippen molar-refractivity contribution < 1.29 is 9.59 Å². The number of halogens is 4. The predicted molar refractivity (Wildman–Crippen MR) is 164 cm³/mol. The van der Waals surface area contributed by atoms with Gasteiger partial charge in [-0.05, 0) is 53.8 Å². The first-order valence-corrected chi connectivity index (χ1v) is 15.6. The molecule has 206 valence electrons. The number of nitrogens with zero attached hydrogens (tertiary/aromatic N) is 1. The molecule has 1 aliphatic carbocycles. The normalized spacial score (nSPS) is 14.3. The number of carbonyl (C=O) groups excluding carboxylic acids is 2. The van der Waals surface area contributed by atoms with Crippen molar-refractivity contribution in [3.05, 3.63) is 104 Å². The Bertz CT molecular complexity index is 1290. The quantitative estimate of drug-likeness (QED) is 0.234. The lowest BCUT2D eigenvalue weighted by atomic mass is 10.0. The first-order chi connectivity index (χ1) is 18.8. The Morgan fingerprint density at radius 2 is 1.49 bits per heavy atom. The molecular formula is C30H30Cl4N2O2S. The van der Waals surface area contributed by atoms with Gasteiger partial charge in [-0.25, -0.2) is 0 Å². The summed E-state index contributed by atoms with van der Waals surface area (Å²) in [5, 5.41) is 5.30. The number of hydrogen-bond acceptors (Lipinski definition) is 3. The predicted octanol–water partition coefficient (Wildman–Crippen LogP) is 8.23. The molecule has 3 aromatic rings. The summed E-state index contributed by atoms with van der Waals surface area (Å²) in [4.78, 5) is 29.2. The fraction of sp³-hybridized carbons (Fsp3) is 0.333.